The lowest BCUT2D eigenvalue weighted by atomic mass is 10.2. The summed E-state index contributed by atoms with van der Waals surface area (Å²) in [4.78, 5) is 8.84. The zero-order valence-electron chi connectivity index (χ0n) is 13.4. The lowest BCUT2D eigenvalue weighted by Gasteiger charge is -2.13. The number of methoxy groups -OCH3 is 2. The van der Waals surface area contributed by atoms with Gasteiger partial charge >= 0.3 is 0 Å². The van der Waals surface area contributed by atoms with Gasteiger partial charge in [0.25, 0.3) is 0 Å². The largest absolute Gasteiger partial charge is 0.497 e. The van der Waals surface area contributed by atoms with E-state index in [1.807, 2.05) is 31.2 Å². The van der Waals surface area contributed by atoms with E-state index in [-0.39, 0.29) is 0 Å². The molecule has 2 aromatic rings. The molecule has 0 radical (unpaired) electrons. The molecule has 0 aliphatic heterocycles. The fourth-order valence-electron chi connectivity index (χ4n) is 2.00. The van der Waals surface area contributed by atoms with Crippen molar-refractivity contribution >= 4 is 17.5 Å². The summed E-state index contributed by atoms with van der Waals surface area (Å²) < 4.78 is 10.6. The molecule has 2 rings (SSSR count). The molecule has 0 aliphatic carbocycles. The zero-order valence-corrected chi connectivity index (χ0v) is 13.4. The maximum absolute atomic E-state index is 5.37. The summed E-state index contributed by atoms with van der Waals surface area (Å²) >= 11 is 0. The Morgan fingerprint density at radius 3 is 2.59 bits per heavy atom. The van der Waals surface area contributed by atoms with Gasteiger partial charge < -0.3 is 20.1 Å². The number of nitrogens with one attached hydrogen (secondary N) is 2. The topological polar surface area (TPSA) is 68.3 Å². The molecule has 118 valence electrons. The molecular weight excluding hydrogens is 280 g/mol. The van der Waals surface area contributed by atoms with E-state index in [0.717, 1.165) is 35.8 Å². The van der Waals surface area contributed by atoms with Gasteiger partial charge in [-0.3, -0.25) is 0 Å². The van der Waals surface area contributed by atoms with Crippen molar-refractivity contribution in [1.82, 2.24) is 9.97 Å². The number of nitrogens with zero attached hydrogens (tertiary/aromatic N) is 2. The van der Waals surface area contributed by atoms with Gasteiger partial charge in [0.1, 0.15) is 17.3 Å². The minimum atomic E-state index is 0.617. The molecule has 0 fully saturated rings. The molecule has 6 nitrogen and oxygen atoms in total. The average Bonchev–Trinajstić information content (AvgIpc) is 2.52. The van der Waals surface area contributed by atoms with Crippen LogP contribution < -0.4 is 20.1 Å². The van der Waals surface area contributed by atoms with Crippen molar-refractivity contribution in [2.75, 3.05) is 31.4 Å². The molecule has 1 aromatic carbocycles. The fourth-order valence-corrected chi connectivity index (χ4v) is 2.00. The SMILES string of the molecule is CCCNc1nc(C)cc(Nc2cc(OC)ccc2OC)n1. The molecule has 22 heavy (non-hydrogen) atoms. The minimum absolute atomic E-state index is 0.617. The summed E-state index contributed by atoms with van der Waals surface area (Å²) in [6.45, 7) is 4.88. The van der Waals surface area contributed by atoms with Gasteiger partial charge in [0.05, 0.1) is 19.9 Å². The molecule has 0 saturated carbocycles. The molecule has 0 saturated heterocycles. The van der Waals surface area contributed by atoms with E-state index >= 15 is 0 Å². The van der Waals surface area contributed by atoms with E-state index in [9.17, 15) is 0 Å². The van der Waals surface area contributed by atoms with Crippen LogP contribution in [0.15, 0.2) is 24.3 Å². The summed E-state index contributed by atoms with van der Waals surface area (Å²) in [6, 6.07) is 7.46. The molecule has 0 unspecified atom stereocenters. The number of rotatable bonds is 7. The van der Waals surface area contributed by atoms with Crippen molar-refractivity contribution in [2.45, 2.75) is 20.3 Å². The molecule has 0 bridgehead atoms. The highest BCUT2D eigenvalue weighted by molar-refractivity contribution is 5.66. The van der Waals surface area contributed by atoms with E-state index in [4.69, 9.17) is 9.47 Å². The minimum Gasteiger partial charge on any atom is -0.497 e. The highest BCUT2D eigenvalue weighted by Crippen LogP contribution is 2.31. The molecule has 0 atom stereocenters. The maximum atomic E-state index is 5.37. The van der Waals surface area contributed by atoms with Crippen molar-refractivity contribution in [3.8, 4) is 11.5 Å². The Balaban J connectivity index is 2.27. The van der Waals surface area contributed by atoms with Crippen molar-refractivity contribution in [1.29, 1.82) is 0 Å². The second-order valence-corrected chi connectivity index (χ2v) is 4.84. The Hall–Kier alpha value is -2.50. The summed E-state index contributed by atoms with van der Waals surface area (Å²) in [7, 11) is 3.26. The van der Waals surface area contributed by atoms with Gasteiger partial charge in [0.15, 0.2) is 0 Å². The number of ether oxygens (including phenoxy) is 2. The zero-order chi connectivity index (χ0) is 15.9. The van der Waals surface area contributed by atoms with Gasteiger partial charge in [-0.2, -0.15) is 4.98 Å². The first-order valence-corrected chi connectivity index (χ1v) is 7.25. The van der Waals surface area contributed by atoms with Crippen LogP contribution in [0.1, 0.15) is 19.0 Å². The van der Waals surface area contributed by atoms with Gasteiger partial charge in [-0.15, -0.1) is 0 Å². The van der Waals surface area contributed by atoms with Crippen LogP contribution >= 0.6 is 0 Å². The smallest absolute Gasteiger partial charge is 0.224 e. The molecule has 0 aliphatic rings. The van der Waals surface area contributed by atoms with Crippen LogP contribution in [-0.4, -0.2) is 30.7 Å². The Bertz CT molecular complexity index is 632. The van der Waals surface area contributed by atoms with Crippen LogP contribution in [0, 0.1) is 6.92 Å². The second-order valence-electron chi connectivity index (χ2n) is 4.84. The monoisotopic (exact) mass is 302 g/mol. The highest BCUT2D eigenvalue weighted by Gasteiger charge is 2.08. The van der Waals surface area contributed by atoms with Crippen molar-refractivity contribution in [2.24, 2.45) is 0 Å². The Labute approximate surface area is 130 Å². The van der Waals surface area contributed by atoms with E-state index < -0.39 is 0 Å². The van der Waals surface area contributed by atoms with E-state index in [1.54, 1.807) is 14.2 Å². The first-order valence-electron chi connectivity index (χ1n) is 7.25. The van der Waals surface area contributed by atoms with E-state index in [1.165, 1.54) is 0 Å². The number of benzene rings is 1. The molecule has 2 N–H and O–H groups in total. The number of hydrogen-bond acceptors (Lipinski definition) is 6. The third-order valence-corrected chi connectivity index (χ3v) is 3.06. The number of aryl methyl sites for hydroxylation is 1. The van der Waals surface area contributed by atoms with Gasteiger partial charge in [-0.1, -0.05) is 6.92 Å². The maximum Gasteiger partial charge on any atom is 0.224 e. The van der Waals surface area contributed by atoms with Crippen LogP contribution in [0.5, 0.6) is 11.5 Å². The first-order chi connectivity index (χ1) is 10.7. The predicted octanol–water partition coefficient (Wildman–Crippen LogP) is 3.37. The van der Waals surface area contributed by atoms with Gasteiger partial charge in [-0.05, 0) is 25.5 Å². The van der Waals surface area contributed by atoms with Crippen LogP contribution in [0.4, 0.5) is 17.5 Å². The molecular formula is C16H22N4O2. The Morgan fingerprint density at radius 2 is 1.91 bits per heavy atom. The fraction of sp³-hybridized carbons (Fsp3) is 0.375. The Kier molecular flexibility index (Phi) is 5.41. The number of hydrogen-bond donors (Lipinski definition) is 2. The van der Waals surface area contributed by atoms with E-state index in [0.29, 0.717) is 11.8 Å². The predicted molar refractivity (Wildman–Crippen MR) is 88.4 cm³/mol. The standard InChI is InChI=1S/C16H22N4O2/c1-5-8-17-16-18-11(2)9-15(20-16)19-13-10-12(21-3)6-7-14(13)22-4/h6-7,9-10H,5,8H2,1-4H3,(H2,17,18,19,20). The van der Waals surface area contributed by atoms with Crippen LogP contribution in [0.2, 0.25) is 0 Å². The second kappa shape index (κ2) is 7.49. The molecule has 0 spiro atoms. The van der Waals surface area contributed by atoms with Gasteiger partial charge in [0.2, 0.25) is 5.95 Å². The normalized spacial score (nSPS) is 10.2. The van der Waals surface area contributed by atoms with Gasteiger partial charge in [0, 0.05) is 24.4 Å². The van der Waals surface area contributed by atoms with Gasteiger partial charge in [-0.25, -0.2) is 4.98 Å². The number of aromatic nitrogens is 2. The highest BCUT2D eigenvalue weighted by atomic mass is 16.5. The average molecular weight is 302 g/mol. The summed E-state index contributed by atoms with van der Waals surface area (Å²) in [5.41, 5.74) is 1.68. The Morgan fingerprint density at radius 1 is 1.09 bits per heavy atom. The van der Waals surface area contributed by atoms with E-state index in [2.05, 4.69) is 27.5 Å². The molecule has 0 amide bonds. The molecule has 6 heteroatoms. The third-order valence-electron chi connectivity index (χ3n) is 3.06. The van der Waals surface area contributed by atoms with Crippen LogP contribution in [-0.2, 0) is 0 Å². The van der Waals surface area contributed by atoms with Crippen molar-refractivity contribution in [3.63, 3.8) is 0 Å². The van der Waals surface area contributed by atoms with Crippen molar-refractivity contribution < 1.29 is 9.47 Å². The van der Waals surface area contributed by atoms with Crippen LogP contribution in [0.3, 0.4) is 0 Å². The lowest BCUT2D eigenvalue weighted by molar-refractivity contribution is 0.405. The third kappa shape index (κ3) is 4.00. The first kappa shape index (κ1) is 15.9. The number of anilines is 3. The van der Waals surface area contributed by atoms with Crippen molar-refractivity contribution in [3.05, 3.63) is 30.0 Å². The lowest BCUT2D eigenvalue weighted by Crippen LogP contribution is -2.07. The summed E-state index contributed by atoms with van der Waals surface area (Å²) in [5.74, 6) is 2.79. The summed E-state index contributed by atoms with van der Waals surface area (Å²) in [5, 5.41) is 6.45. The molecule has 1 aromatic heterocycles. The van der Waals surface area contributed by atoms with Crippen LogP contribution in [0.25, 0.3) is 0 Å². The quantitative estimate of drug-likeness (QED) is 0.817. The summed E-state index contributed by atoms with van der Waals surface area (Å²) in [6.07, 6.45) is 1.02. The molecule has 1 heterocycles.